The Morgan fingerprint density at radius 3 is 1.45 bits per heavy atom. The molecule has 0 saturated heterocycles. The van der Waals surface area contributed by atoms with Gasteiger partial charge in [-0.05, 0) is 0 Å². The first kappa shape index (κ1) is 12.5. The Labute approximate surface area is 85.9 Å². The van der Waals surface area contributed by atoms with Crippen LogP contribution in [0.25, 0.3) is 0 Å². The van der Waals surface area contributed by atoms with Gasteiger partial charge in [0.2, 0.25) is 0 Å². The van der Waals surface area contributed by atoms with Crippen molar-refractivity contribution in [1.29, 1.82) is 0 Å². The molecule has 0 aromatic rings. The topological polar surface area (TPSA) is 0 Å². The van der Waals surface area contributed by atoms with Crippen LogP contribution in [0.3, 0.4) is 0 Å². The van der Waals surface area contributed by atoms with E-state index in [1.165, 1.54) is 0 Å². The number of rotatable bonds is 3. The van der Waals surface area contributed by atoms with Crippen LogP contribution in [0.1, 0.15) is 0 Å². The Morgan fingerprint density at radius 2 is 1.36 bits per heavy atom. The van der Waals surface area contributed by atoms with Gasteiger partial charge in [0.15, 0.2) is 0 Å². The van der Waals surface area contributed by atoms with E-state index in [-0.39, 0.29) is 30.7 Å². The van der Waals surface area contributed by atoms with Crippen molar-refractivity contribution in [1.82, 2.24) is 0 Å². The first-order valence-corrected chi connectivity index (χ1v) is 21.7. The van der Waals surface area contributed by atoms with Crippen LogP contribution >= 0.6 is 0 Å². The standard InChI is InChI=1S/C6H19Si3.CH3.Zr/c1-7(2)9(5,6)8(3)4;;/h7H,1-6H3;1H3;. The van der Waals surface area contributed by atoms with Gasteiger partial charge in [-0.2, -0.15) is 0 Å². The van der Waals surface area contributed by atoms with E-state index in [1.54, 1.807) is 0 Å². The van der Waals surface area contributed by atoms with Gasteiger partial charge in [-0.15, -0.1) is 0 Å². The van der Waals surface area contributed by atoms with Crippen LogP contribution in [-0.2, 0) is 22.4 Å². The van der Waals surface area contributed by atoms with E-state index < -0.39 is 11.8 Å². The molecular formula is C7H22Si3Zr. The van der Waals surface area contributed by atoms with Gasteiger partial charge in [-0.3, -0.25) is 0 Å². The third kappa shape index (κ3) is 2.75. The molecule has 11 heavy (non-hydrogen) atoms. The van der Waals surface area contributed by atoms with Gasteiger partial charge in [0.1, 0.15) is 0 Å². The Bertz CT molecular complexity index is 132. The molecule has 4 heteroatoms. The molecule has 0 atom stereocenters. The fourth-order valence-corrected chi connectivity index (χ4v) is 63.5. The van der Waals surface area contributed by atoms with Gasteiger partial charge in [0.05, 0.1) is 0 Å². The molecule has 0 aromatic heterocycles. The Hall–Kier alpha value is 1.53. The van der Waals surface area contributed by atoms with Gasteiger partial charge in [-0.25, -0.2) is 0 Å². The van der Waals surface area contributed by atoms with Crippen molar-refractivity contribution in [2.75, 3.05) is 0 Å². The van der Waals surface area contributed by atoms with Crippen molar-refractivity contribution in [2.24, 2.45) is 0 Å². The fraction of sp³-hybridized carbons (Fsp3) is 1.00. The first-order valence-electron chi connectivity index (χ1n) is 4.44. The SMILES string of the molecule is [CH3][Zr][Si](C)(C)[Si](C)(C)[SiH](C)C. The second kappa shape index (κ2) is 4.16. The Morgan fingerprint density at radius 1 is 1.00 bits per heavy atom. The quantitative estimate of drug-likeness (QED) is 0.698. The van der Waals surface area contributed by atoms with Crippen LogP contribution in [0.15, 0.2) is 0 Å². The zero-order valence-electron chi connectivity index (χ0n) is 9.08. The summed E-state index contributed by atoms with van der Waals surface area (Å²) in [6.45, 7) is 15.9. The third-order valence-electron chi connectivity index (χ3n) is 3.68. The van der Waals surface area contributed by atoms with Gasteiger partial charge in [0, 0.05) is 0 Å². The van der Waals surface area contributed by atoms with E-state index in [0.717, 1.165) is 0 Å². The van der Waals surface area contributed by atoms with Crippen LogP contribution < -0.4 is 0 Å². The maximum absolute atomic E-state index is 2.68. The zero-order valence-corrected chi connectivity index (χ0v) is 14.7. The van der Waals surface area contributed by atoms with Crippen molar-refractivity contribution >= 4 is 20.1 Å². The predicted octanol–water partition coefficient (Wildman–Crippen LogP) is 2.67. The molecule has 0 heterocycles. The molecule has 0 N–H and O–H groups in total. The van der Waals surface area contributed by atoms with E-state index in [9.17, 15) is 0 Å². The van der Waals surface area contributed by atoms with Crippen molar-refractivity contribution in [2.45, 2.75) is 43.9 Å². The summed E-state index contributed by atoms with van der Waals surface area (Å²) in [6, 6.07) is 0. The number of hydrogen-bond donors (Lipinski definition) is 0. The maximum atomic E-state index is 2.68. The summed E-state index contributed by atoms with van der Waals surface area (Å²) in [6.07, 6.45) is 0. The molecule has 0 unspecified atom stereocenters. The molecule has 0 amide bonds. The summed E-state index contributed by atoms with van der Waals surface area (Å²) < 4.78 is 1.97. The van der Waals surface area contributed by atoms with Crippen LogP contribution in [-0.4, -0.2) is 20.1 Å². The molecule has 0 bridgehead atoms. The van der Waals surface area contributed by atoms with Crippen LogP contribution in [0, 0.1) is 0 Å². The van der Waals surface area contributed by atoms with E-state index in [0.29, 0.717) is 0 Å². The van der Waals surface area contributed by atoms with E-state index in [2.05, 4.69) is 43.9 Å². The van der Waals surface area contributed by atoms with E-state index in [1.807, 2.05) is 0 Å². The molecule has 0 saturated carbocycles. The summed E-state index contributed by atoms with van der Waals surface area (Å²) in [5, 5.41) is 0. The zero-order chi connectivity index (χ0) is 9.28. The molecule has 0 nitrogen and oxygen atoms in total. The minimum absolute atomic E-state index is 0.0689. The fourth-order valence-electron chi connectivity index (χ4n) is 1.04. The summed E-state index contributed by atoms with van der Waals surface area (Å²) in [5.41, 5.74) is 0. The van der Waals surface area contributed by atoms with Crippen molar-refractivity contribution in [3.05, 3.63) is 0 Å². The molecule has 0 aliphatic heterocycles. The molecule has 66 valence electrons. The van der Waals surface area contributed by atoms with Crippen molar-refractivity contribution in [3.8, 4) is 0 Å². The molecule has 0 spiro atoms. The summed E-state index contributed by atoms with van der Waals surface area (Å²) >= 11 is 0.0689. The molecule has 0 aromatic carbocycles. The summed E-state index contributed by atoms with van der Waals surface area (Å²) in [5.74, 6) is 0. The van der Waals surface area contributed by atoms with Crippen LogP contribution in [0.4, 0.5) is 0 Å². The first-order chi connectivity index (χ1) is 4.75. The van der Waals surface area contributed by atoms with Gasteiger partial charge in [-0.1, -0.05) is 0 Å². The predicted molar refractivity (Wildman–Crippen MR) is 59.7 cm³/mol. The molecule has 0 radical (unpaired) electrons. The summed E-state index contributed by atoms with van der Waals surface area (Å²) in [4.78, 5) is 0. The third-order valence-corrected chi connectivity index (χ3v) is 75.3. The van der Waals surface area contributed by atoms with Crippen molar-refractivity contribution in [3.63, 3.8) is 0 Å². The summed E-state index contributed by atoms with van der Waals surface area (Å²) in [7, 11) is -0.934. The second-order valence-corrected chi connectivity index (χ2v) is 48.0. The van der Waals surface area contributed by atoms with Gasteiger partial charge < -0.3 is 0 Å². The Kier molecular flexibility index (Phi) is 4.74. The van der Waals surface area contributed by atoms with Gasteiger partial charge >= 0.3 is 86.5 Å². The molecule has 0 rings (SSSR count). The average molecular weight is 282 g/mol. The minimum atomic E-state index is -0.655. The van der Waals surface area contributed by atoms with E-state index >= 15 is 0 Å². The molecule has 0 aliphatic rings. The van der Waals surface area contributed by atoms with Crippen LogP contribution in [0.2, 0.25) is 43.9 Å². The molecule has 0 fully saturated rings. The van der Waals surface area contributed by atoms with Gasteiger partial charge in [0.25, 0.3) is 0 Å². The second-order valence-electron chi connectivity index (χ2n) is 4.75. The molecular weight excluding hydrogens is 260 g/mol. The van der Waals surface area contributed by atoms with Crippen LogP contribution in [0.5, 0.6) is 0 Å². The van der Waals surface area contributed by atoms with Crippen molar-refractivity contribution < 1.29 is 22.4 Å². The van der Waals surface area contributed by atoms with E-state index in [4.69, 9.17) is 0 Å². The normalized spacial score (nSPS) is 13.8. The Balaban J connectivity index is 4.53. The average Bonchev–Trinajstić information content (AvgIpc) is 1.87. The number of hydrogen-bond acceptors (Lipinski definition) is 0. The molecule has 0 aliphatic carbocycles. The monoisotopic (exact) mass is 280 g/mol.